The number of allylic oxidation sites excluding steroid dienone is 14. The minimum atomic E-state index is -1.79. The molecule has 0 aromatic carbocycles. The lowest BCUT2D eigenvalue weighted by Gasteiger charge is -2.46. The van der Waals surface area contributed by atoms with Crippen molar-refractivity contribution in [1.82, 2.24) is 5.32 Å². The normalized spacial score (nSPS) is 25.2. The molecule has 0 aromatic heterocycles. The maximum atomic E-state index is 13.3. The molecule has 0 aromatic rings. The number of carbonyl (C=O) groups excluding carboxylic acids is 1. The fraction of sp³-hybridized carbons (Fsp3) is 0.766. The third-order valence-corrected chi connectivity index (χ3v) is 14.6. The van der Waals surface area contributed by atoms with Crippen LogP contribution in [0.25, 0.3) is 0 Å². The Morgan fingerprint density at radius 3 is 1.31 bits per heavy atom. The molecule has 14 nitrogen and oxygen atoms in total. The van der Waals surface area contributed by atoms with Gasteiger partial charge in [0.25, 0.3) is 0 Å². The van der Waals surface area contributed by atoms with Gasteiger partial charge in [-0.1, -0.05) is 234 Å². The van der Waals surface area contributed by atoms with E-state index in [2.05, 4.69) is 104 Å². The Labute approximate surface area is 471 Å². The predicted molar refractivity (Wildman–Crippen MR) is 313 cm³/mol. The van der Waals surface area contributed by atoms with E-state index in [-0.39, 0.29) is 18.9 Å². The lowest BCUT2D eigenvalue weighted by molar-refractivity contribution is -0.359. The molecule has 450 valence electrons. The summed E-state index contributed by atoms with van der Waals surface area (Å²) in [6.45, 7) is 2.72. The molecular formula is C64H111NO13. The monoisotopic (exact) mass is 1100 g/mol. The van der Waals surface area contributed by atoms with E-state index in [1.54, 1.807) is 0 Å². The van der Waals surface area contributed by atoms with Crippen LogP contribution in [-0.2, 0) is 23.7 Å². The lowest BCUT2D eigenvalue weighted by atomic mass is 9.97. The Morgan fingerprint density at radius 1 is 0.474 bits per heavy atom. The molecule has 78 heavy (non-hydrogen) atoms. The average molecular weight is 1100 g/mol. The van der Waals surface area contributed by atoms with Gasteiger partial charge in [0.2, 0.25) is 5.91 Å². The first-order valence-electron chi connectivity index (χ1n) is 30.8. The van der Waals surface area contributed by atoms with Gasteiger partial charge >= 0.3 is 0 Å². The van der Waals surface area contributed by atoms with Gasteiger partial charge in [-0.05, 0) is 64.2 Å². The largest absolute Gasteiger partial charge is 0.394 e. The molecule has 0 saturated carbocycles. The van der Waals surface area contributed by atoms with Gasteiger partial charge in [0.15, 0.2) is 12.6 Å². The fourth-order valence-electron chi connectivity index (χ4n) is 9.70. The van der Waals surface area contributed by atoms with Gasteiger partial charge in [-0.15, -0.1) is 0 Å². The third kappa shape index (κ3) is 33.8. The summed E-state index contributed by atoms with van der Waals surface area (Å²) in [7, 11) is 0. The highest BCUT2D eigenvalue weighted by molar-refractivity contribution is 5.76. The second-order valence-corrected chi connectivity index (χ2v) is 21.5. The van der Waals surface area contributed by atoms with Crippen molar-refractivity contribution in [3.05, 3.63) is 85.1 Å². The maximum absolute atomic E-state index is 13.3. The highest BCUT2D eigenvalue weighted by Gasteiger charge is 2.51. The zero-order chi connectivity index (χ0) is 56.7. The topological polar surface area (TPSA) is 228 Å². The highest BCUT2D eigenvalue weighted by Crippen LogP contribution is 2.30. The summed E-state index contributed by atoms with van der Waals surface area (Å²) in [6, 6.07) is -0.866. The summed E-state index contributed by atoms with van der Waals surface area (Å²) < 4.78 is 22.8. The number of ether oxygens (including phenoxy) is 4. The highest BCUT2D eigenvalue weighted by atomic mass is 16.7. The van der Waals surface area contributed by atoms with E-state index < -0.39 is 86.8 Å². The van der Waals surface area contributed by atoms with E-state index in [9.17, 15) is 45.6 Å². The molecule has 2 rings (SSSR count). The number of carbonyl (C=O) groups is 1. The number of aliphatic hydroxyl groups is 8. The molecule has 2 fully saturated rings. The molecule has 0 aliphatic carbocycles. The molecule has 2 aliphatic heterocycles. The zero-order valence-electron chi connectivity index (χ0n) is 48.4. The Morgan fingerprint density at radius 2 is 0.872 bits per heavy atom. The van der Waals surface area contributed by atoms with Gasteiger partial charge in [0, 0.05) is 6.42 Å². The number of aliphatic hydroxyl groups excluding tert-OH is 8. The number of nitrogens with one attached hydrogen (secondary N) is 1. The minimum absolute atomic E-state index is 0.220. The molecule has 12 unspecified atom stereocenters. The van der Waals surface area contributed by atoms with E-state index >= 15 is 0 Å². The average Bonchev–Trinajstić information content (AvgIpc) is 3.48. The van der Waals surface area contributed by atoms with Gasteiger partial charge in [0.05, 0.1) is 32.0 Å². The van der Waals surface area contributed by atoms with Crippen molar-refractivity contribution in [2.45, 2.75) is 293 Å². The smallest absolute Gasteiger partial charge is 0.220 e. The first-order valence-corrected chi connectivity index (χ1v) is 30.8. The van der Waals surface area contributed by atoms with E-state index in [0.29, 0.717) is 19.3 Å². The predicted octanol–water partition coefficient (Wildman–Crippen LogP) is 10.9. The van der Waals surface area contributed by atoms with Crippen LogP contribution in [0.1, 0.15) is 219 Å². The Bertz CT molecular complexity index is 1630. The molecule has 9 N–H and O–H groups in total. The first kappa shape index (κ1) is 71.3. The summed E-state index contributed by atoms with van der Waals surface area (Å²) in [6.07, 6.45) is 48.7. The van der Waals surface area contributed by atoms with Crippen LogP contribution >= 0.6 is 0 Å². The van der Waals surface area contributed by atoms with Crippen LogP contribution in [0.2, 0.25) is 0 Å². The molecule has 1 amide bonds. The molecule has 2 heterocycles. The Balaban J connectivity index is 1.78. The molecule has 12 atom stereocenters. The van der Waals surface area contributed by atoms with Crippen molar-refractivity contribution < 1.29 is 64.6 Å². The maximum Gasteiger partial charge on any atom is 0.220 e. The second kappa shape index (κ2) is 48.8. The van der Waals surface area contributed by atoms with Crippen molar-refractivity contribution in [1.29, 1.82) is 0 Å². The van der Waals surface area contributed by atoms with Crippen LogP contribution in [0.4, 0.5) is 0 Å². The van der Waals surface area contributed by atoms with E-state index in [0.717, 1.165) is 70.6 Å². The Kier molecular flexibility index (Phi) is 44.6. The molecule has 0 spiro atoms. The van der Waals surface area contributed by atoms with E-state index in [4.69, 9.17) is 18.9 Å². The van der Waals surface area contributed by atoms with E-state index in [1.807, 2.05) is 0 Å². The lowest BCUT2D eigenvalue weighted by Crippen LogP contribution is -2.65. The summed E-state index contributed by atoms with van der Waals surface area (Å²) >= 11 is 0. The van der Waals surface area contributed by atoms with Crippen LogP contribution in [0.15, 0.2) is 85.1 Å². The third-order valence-electron chi connectivity index (χ3n) is 14.6. The first-order chi connectivity index (χ1) is 38.1. The fourth-order valence-corrected chi connectivity index (χ4v) is 9.70. The summed E-state index contributed by atoms with van der Waals surface area (Å²) in [5.41, 5.74) is 0. The standard InChI is InChI=1S/C64H111NO13/c1-3-5-7-9-11-13-15-17-19-21-23-25-26-28-30-32-34-36-38-40-42-44-46-48-56(69)65-52(53(68)47-45-43-41-39-37-35-33-31-29-27-24-22-20-18-16-14-12-10-8-6-4-2)51-75-63-61(74)59(72)62(55(50-67)77-63)78-64-60(73)58(71)57(70)54(49-66)76-64/h5,7,11,13,17,19,23,25,28,30,34,36,40,42,52-55,57-64,66-68,70-74H,3-4,6,8-10,12,14-16,18,20-22,24,26-27,29,31-33,35,37-39,41,43-51H2,1-2H3,(H,65,69)/b7-5-,13-11-,19-17-,25-23-,30-28-,36-34-,42-40-. The summed E-state index contributed by atoms with van der Waals surface area (Å²) in [5, 5.41) is 87.3. The number of hydrogen-bond donors (Lipinski definition) is 9. The van der Waals surface area contributed by atoms with Crippen LogP contribution in [-0.4, -0.2) is 140 Å². The number of unbranched alkanes of at least 4 members (excludes halogenated alkanes) is 21. The molecule has 2 aliphatic rings. The molecule has 0 bridgehead atoms. The van der Waals surface area contributed by atoms with Gasteiger partial charge in [0.1, 0.15) is 48.8 Å². The van der Waals surface area contributed by atoms with Gasteiger partial charge in [-0.25, -0.2) is 0 Å². The Hall–Kier alpha value is -2.83. The number of hydrogen-bond acceptors (Lipinski definition) is 13. The van der Waals surface area contributed by atoms with Gasteiger partial charge in [-0.3, -0.25) is 4.79 Å². The minimum Gasteiger partial charge on any atom is -0.394 e. The van der Waals surface area contributed by atoms with E-state index in [1.165, 1.54) is 109 Å². The van der Waals surface area contributed by atoms with Crippen molar-refractivity contribution in [3.8, 4) is 0 Å². The second-order valence-electron chi connectivity index (χ2n) is 21.5. The summed E-state index contributed by atoms with van der Waals surface area (Å²) in [5.74, 6) is -0.266. The van der Waals surface area contributed by atoms with Crippen molar-refractivity contribution in [3.63, 3.8) is 0 Å². The van der Waals surface area contributed by atoms with Crippen LogP contribution < -0.4 is 5.32 Å². The van der Waals surface area contributed by atoms with Gasteiger partial charge in [-0.2, -0.15) is 0 Å². The van der Waals surface area contributed by atoms with Crippen molar-refractivity contribution in [2.75, 3.05) is 19.8 Å². The number of amides is 1. The molecule has 14 heteroatoms. The van der Waals surface area contributed by atoms with Crippen molar-refractivity contribution >= 4 is 5.91 Å². The van der Waals surface area contributed by atoms with Crippen molar-refractivity contribution in [2.24, 2.45) is 0 Å². The van der Waals surface area contributed by atoms with Crippen LogP contribution in [0, 0.1) is 0 Å². The zero-order valence-corrected chi connectivity index (χ0v) is 48.4. The van der Waals surface area contributed by atoms with Gasteiger partial charge < -0.3 is 65.1 Å². The van der Waals surface area contributed by atoms with Crippen LogP contribution in [0.3, 0.4) is 0 Å². The molecule has 2 saturated heterocycles. The quantitative estimate of drug-likeness (QED) is 0.0204. The SMILES string of the molecule is CC/C=C\C/C=C\C/C=C\C/C=C\C/C=C\C/C=C\C/C=C\CCCC(=O)NC(COC1OC(CO)C(OC2OC(CO)C(O)C(O)C2O)C(O)C1O)C(O)CCCCCCCCCCCCCCCCCCCCCCC. The molecule has 0 radical (unpaired) electrons. The summed E-state index contributed by atoms with van der Waals surface area (Å²) in [4.78, 5) is 13.3. The molecular weight excluding hydrogens is 991 g/mol. The number of rotatable bonds is 48. The van der Waals surface area contributed by atoms with Crippen LogP contribution in [0.5, 0.6) is 0 Å².